The van der Waals surface area contributed by atoms with E-state index in [0.29, 0.717) is 0 Å². The molecule has 1 aromatic rings. The Labute approximate surface area is 192 Å². The summed E-state index contributed by atoms with van der Waals surface area (Å²) in [5.41, 5.74) is 11.5. The minimum absolute atomic E-state index is 0.000906. The Balaban J connectivity index is 0.00000436. The average Bonchev–Trinajstić information content (AvgIpc) is 2.72. The molecule has 0 aliphatic rings. The van der Waals surface area contributed by atoms with Gasteiger partial charge in [0.25, 0.3) is 0 Å². The maximum absolute atomic E-state index is 5.86. The van der Waals surface area contributed by atoms with Crippen LogP contribution in [-0.4, -0.2) is 7.11 Å². The van der Waals surface area contributed by atoms with E-state index in [4.69, 9.17) is 4.74 Å². The van der Waals surface area contributed by atoms with E-state index in [1.807, 2.05) is 20.8 Å². The Hall–Kier alpha value is -2.54. The summed E-state index contributed by atoms with van der Waals surface area (Å²) in [7, 11) is 1.73. The van der Waals surface area contributed by atoms with Crippen molar-refractivity contribution >= 4 is 5.57 Å². The van der Waals surface area contributed by atoms with Gasteiger partial charge < -0.3 is 4.74 Å². The van der Waals surface area contributed by atoms with Gasteiger partial charge in [0.1, 0.15) is 5.75 Å². The number of allylic oxidation sites excluding steroid dienone is 9. The number of hydrogen-bond donors (Lipinski definition) is 0. The second-order valence-electron chi connectivity index (χ2n) is 8.15. The van der Waals surface area contributed by atoms with Crippen LogP contribution in [0.25, 0.3) is 5.57 Å². The third-order valence-electron chi connectivity index (χ3n) is 5.50. The Kier molecular flexibility index (Phi) is 11.9. The quantitative estimate of drug-likeness (QED) is 0.380. The van der Waals surface area contributed by atoms with Crippen LogP contribution in [0.2, 0.25) is 0 Å². The Morgan fingerprint density at radius 2 is 1.39 bits per heavy atom. The first-order chi connectivity index (χ1) is 14.5. The molecule has 31 heavy (non-hydrogen) atoms. The molecule has 170 valence electrons. The lowest BCUT2D eigenvalue weighted by atomic mass is 9.75. The van der Waals surface area contributed by atoms with E-state index < -0.39 is 0 Å². The lowest BCUT2D eigenvalue weighted by Crippen LogP contribution is -2.13. The maximum Gasteiger partial charge on any atom is 0.123 e. The normalized spacial score (nSPS) is 12.7. The molecule has 0 saturated carbocycles. The van der Waals surface area contributed by atoms with Gasteiger partial charge in [-0.15, -0.1) is 0 Å². The van der Waals surface area contributed by atoms with Crippen molar-refractivity contribution in [2.24, 2.45) is 0 Å². The molecule has 1 rings (SSSR count). The van der Waals surface area contributed by atoms with Crippen molar-refractivity contribution < 1.29 is 4.74 Å². The predicted octanol–water partition coefficient (Wildman–Crippen LogP) is 9.61. The van der Waals surface area contributed by atoms with E-state index >= 15 is 0 Å². The smallest absolute Gasteiger partial charge is 0.123 e. The van der Waals surface area contributed by atoms with Crippen molar-refractivity contribution in [1.82, 2.24) is 0 Å². The van der Waals surface area contributed by atoms with Crippen molar-refractivity contribution in [2.75, 3.05) is 7.11 Å². The Bertz CT molecular complexity index is 912. The van der Waals surface area contributed by atoms with Crippen LogP contribution in [0.4, 0.5) is 0 Å². The number of hydrogen-bond acceptors (Lipinski definition) is 1. The molecule has 0 radical (unpaired) electrons. The summed E-state index contributed by atoms with van der Waals surface area (Å²) >= 11 is 0. The number of methoxy groups -OCH3 is 1. The molecule has 0 aliphatic carbocycles. The summed E-state index contributed by atoms with van der Waals surface area (Å²) in [4.78, 5) is 0. The first-order valence-corrected chi connectivity index (χ1v) is 11.1. The van der Waals surface area contributed by atoms with Gasteiger partial charge >= 0.3 is 0 Å². The van der Waals surface area contributed by atoms with Crippen molar-refractivity contribution in [3.8, 4) is 5.75 Å². The van der Waals surface area contributed by atoms with Crippen LogP contribution < -0.4 is 4.74 Å². The first-order valence-electron chi connectivity index (χ1n) is 11.1. The highest BCUT2D eigenvalue weighted by atomic mass is 16.5. The molecule has 0 N–H and O–H groups in total. The molecule has 0 bridgehead atoms. The fourth-order valence-corrected chi connectivity index (χ4v) is 3.84. The molecular weight excluding hydrogens is 376 g/mol. The number of rotatable bonds is 8. The molecule has 1 unspecified atom stereocenters. The summed E-state index contributed by atoms with van der Waals surface area (Å²) in [6.45, 7) is 33.6. The number of benzene rings is 1. The Morgan fingerprint density at radius 1 is 0.871 bits per heavy atom. The minimum atomic E-state index is -0.000906. The lowest BCUT2D eigenvalue weighted by molar-refractivity contribution is 0.408. The summed E-state index contributed by atoms with van der Waals surface area (Å²) in [5, 5.41) is 0. The summed E-state index contributed by atoms with van der Waals surface area (Å²) in [6, 6.07) is 6.38. The van der Waals surface area contributed by atoms with E-state index in [-0.39, 0.29) is 5.92 Å². The van der Waals surface area contributed by atoms with Crippen molar-refractivity contribution in [3.63, 3.8) is 0 Å². The molecule has 0 aromatic heterocycles. The van der Waals surface area contributed by atoms with Gasteiger partial charge in [-0.25, -0.2) is 0 Å². The van der Waals surface area contributed by atoms with Crippen LogP contribution >= 0.6 is 0 Å². The summed E-state index contributed by atoms with van der Waals surface area (Å²) < 4.78 is 5.86. The highest BCUT2D eigenvalue weighted by molar-refractivity contribution is 5.66. The van der Waals surface area contributed by atoms with Gasteiger partial charge in [-0.2, -0.15) is 0 Å². The molecule has 1 nitrogen and oxygen atoms in total. The predicted molar refractivity (Wildman–Crippen MR) is 142 cm³/mol. The lowest BCUT2D eigenvalue weighted by Gasteiger charge is -2.30. The van der Waals surface area contributed by atoms with Crippen LogP contribution in [0, 0.1) is 0 Å². The first kappa shape index (κ1) is 28.5. The van der Waals surface area contributed by atoms with E-state index in [1.54, 1.807) is 7.11 Å². The van der Waals surface area contributed by atoms with Gasteiger partial charge in [-0.1, -0.05) is 79.7 Å². The molecule has 0 saturated heterocycles. The fourth-order valence-electron chi connectivity index (χ4n) is 3.84. The van der Waals surface area contributed by atoms with Gasteiger partial charge in [0.05, 0.1) is 7.11 Å². The largest absolute Gasteiger partial charge is 0.496 e. The van der Waals surface area contributed by atoms with E-state index in [9.17, 15) is 0 Å². The molecule has 1 atom stereocenters. The zero-order chi connectivity index (χ0) is 24.5. The molecule has 1 aromatic carbocycles. The van der Waals surface area contributed by atoms with Crippen LogP contribution in [0.15, 0.2) is 83.0 Å². The fraction of sp³-hybridized carbons (Fsp3) is 0.400. The topological polar surface area (TPSA) is 9.23 Å². The molecule has 0 fully saturated rings. The van der Waals surface area contributed by atoms with Gasteiger partial charge in [0, 0.05) is 11.5 Å². The summed E-state index contributed by atoms with van der Waals surface area (Å²) in [5.74, 6) is 0.860. The van der Waals surface area contributed by atoms with Gasteiger partial charge in [0.2, 0.25) is 0 Å². The molecule has 0 heterocycles. The van der Waals surface area contributed by atoms with Crippen molar-refractivity contribution in [3.05, 3.63) is 94.2 Å². The van der Waals surface area contributed by atoms with Gasteiger partial charge in [0.15, 0.2) is 0 Å². The standard InChI is InChI=1S/C28H38O.C2H6/c1-13-21(10)22(11)27(20(8)9)28(26(18(4)5)19(6)7)24-15-14-23(17(2)3)16-25(24)29-12;1-2/h13-16,28H,2,4,8H2,1,3,5-7,9-12H3;1-2H3/b21-13-,27-22+;. The summed E-state index contributed by atoms with van der Waals surface area (Å²) in [6.07, 6.45) is 2.15. The van der Waals surface area contributed by atoms with Crippen LogP contribution in [-0.2, 0) is 0 Å². The highest BCUT2D eigenvalue weighted by Crippen LogP contribution is 2.45. The monoisotopic (exact) mass is 420 g/mol. The van der Waals surface area contributed by atoms with Crippen LogP contribution in [0.3, 0.4) is 0 Å². The Morgan fingerprint density at radius 3 is 1.74 bits per heavy atom. The van der Waals surface area contributed by atoms with Crippen molar-refractivity contribution in [1.29, 1.82) is 0 Å². The van der Waals surface area contributed by atoms with Gasteiger partial charge in [-0.3, -0.25) is 0 Å². The van der Waals surface area contributed by atoms with Crippen LogP contribution in [0.5, 0.6) is 5.75 Å². The molecular formula is C30H44O. The number of ether oxygens (including phenoxy) is 1. The SMILES string of the molecule is C=C(C)C(=C(C)C)C(/C(C(=C)C)=C(C)/C(C)=C\C)c1ccc(C(=C)C)cc1OC.CC. The third kappa shape index (κ3) is 6.99. The molecule has 0 amide bonds. The maximum atomic E-state index is 5.86. The van der Waals surface area contributed by atoms with Gasteiger partial charge in [-0.05, 0) is 83.7 Å². The zero-order valence-corrected chi connectivity index (χ0v) is 21.9. The van der Waals surface area contributed by atoms with E-state index in [0.717, 1.165) is 33.6 Å². The highest BCUT2D eigenvalue weighted by Gasteiger charge is 2.28. The van der Waals surface area contributed by atoms with Crippen LogP contribution in [0.1, 0.15) is 86.3 Å². The van der Waals surface area contributed by atoms with E-state index in [2.05, 4.69) is 92.5 Å². The average molecular weight is 421 g/mol. The second kappa shape index (κ2) is 13.0. The van der Waals surface area contributed by atoms with E-state index in [1.165, 1.54) is 27.9 Å². The molecule has 0 aliphatic heterocycles. The van der Waals surface area contributed by atoms with Crippen molar-refractivity contribution in [2.45, 2.75) is 75.2 Å². The minimum Gasteiger partial charge on any atom is -0.496 e. The third-order valence-corrected chi connectivity index (χ3v) is 5.50. The molecule has 0 spiro atoms. The second-order valence-corrected chi connectivity index (χ2v) is 8.15. The zero-order valence-electron chi connectivity index (χ0n) is 21.9. The molecule has 1 heteroatoms.